The summed E-state index contributed by atoms with van der Waals surface area (Å²) in [5, 5.41) is 14.0. The fourth-order valence-electron chi connectivity index (χ4n) is 3.47. The number of aryl methyl sites for hydroxylation is 1. The number of hydrogen-bond donors (Lipinski definition) is 1. The summed E-state index contributed by atoms with van der Waals surface area (Å²) in [6, 6.07) is 12.2. The number of hydrogen-bond acceptors (Lipinski definition) is 6. The van der Waals surface area contributed by atoms with Gasteiger partial charge in [0, 0.05) is 36.8 Å². The smallest absolute Gasteiger partial charge is 0.272 e. The average molecular weight is 399 g/mol. The number of carbonyl (C=O) groups excluding carboxylic acids is 1. The summed E-state index contributed by atoms with van der Waals surface area (Å²) in [6.45, 7) is 4.92. The van der Waals surface area contributed by atoms with Crippen LogP contribution in [0.3, 0.4) is 0 Å². The minimum Gasteiger partial charge on any atom is -0.497 e. The summed E-state index contributed by atoms with van der Waals surface area (Å²) in [6.07, 6.45) is 0. The van der Waals surface area contributed by atoms with Crippen molar-refractivity contribution < 1.29 is 19.2 Å². The lowest BCUT2D eigenvalue weighted by Gasteiger charge is -2.35. The van der Waals surface area contributed by atoms with Gasteiger partial charge in [-0.2, -0.15) is 0 Å². The summed E-state index contributed by atoms with van der Waals surface area (Å²) < 4.78 is 10.7. The summed E-state index contributed by atoms with van der Waals surface area (Å²) in [7, 11) is 1.63. The van der Waals surface area contributed by atoms with Crippen LogP contribution in [0.15, 0.2) is 42.5 Å². The molecule has 1 fully saturated rings. The summed E-state index contributed by atoms with van der Waals surface area (Å²) in [5.74, 6) is 0.523. The highest BCUT2D eigenvalue weighted by atomic mass is 16.6. The molecule has 0 aliphatic carbocycles. The van der Waals surface area contributed by atoms with Crippen LogP contribution >= 0.6 is 0 Å². The number of carbonyl (C=O) groups is 1. The fourth-order valence-corrected chi connectivity index (χ4v) is 3.47. The highest BCUT2D eigenvalue weighted by Crippen LogP contribution is 2.24. The minimum absolute atomic E-state index is 0.00553. The molecule has 1 aliphatic heterocycles. The molecule has 1 heterocycles. The summed E-state index contributed by atoms with van der Waals surface area (Å²) in [4.78, 5) is 25.5. The highest BCUT2D eigenvalue weighted by Gasteiger charge is 2.24. The molecule has 2 aromatic rings. The maximum atomic E-state index is 12.7. The van der Waals surface area contributed by atoms with Gasteiger partial charge in [0.1, 0.15) is 5.75 Å². The Morgan fingerprint density at radius 3 is 2.52 bits per heavy atom. The van der Waals surface area contributed by atoms with Gasteiger partial charge in [0.25, 0.3) is 11.6 Å². The molecule has 154 valence electrons. The molecule has 0 bridgehead atoms. The van der Waals surface area contributed by atoms with Crippen molar-refractivity contribution in [3.63, 3.8) is 0 Å². The number of nitro groups is 1. The first-order valence-corrected chi connectivity index (χ1v) is 9.48. The van der Waals surface area contributed by atoms with E-state index in [0.717, 1.165) is 24.4 Å². The lowest BCUT2D eigenvalue weighted by Crippen LogP contribution is -2.43. The van der Waals surface area contributed by atoms with Gasteiger partial charge in [-0.1, -0.05) is 12.1 Å². The number of nitrogens with zero attached hydrogens (tertiary/aromatic N) is 2. The number of nitro benzene ring substituents is 1. The molecule has 3 rings (SSSR count). The second-order valence-corrected chi connectivity index (χ2v) is 6.91. The number of ether oxygens (including phenoxy) is 2. The SMILES string of the molecule is COc1ccc(C(CNC(=O)c2ccc([N+](=O)[O-])c(C)c2)N2CCOCC2)cc1. The van der Waals surface area contributed by atoms with Gasteiger partial charge in [0.2, 0.25) is 0 Å². The van der Waals surface area contributed by atoms with Crippen molar-refractivity contribution in [1.82, 2.24) is 10.2 Å². The molecule has 2 aromatic carbocycles. The molecule has 1 saturated heterocycles. The lowest BCUT2D eigenvalue weighted by molar-refractivity contribution is -0.385. The molecule has 0 radical (unpaired) electrons. The van der Waals surface area contributed by atoms with Crippen LogP contribution < -0.4 is 10.1 Å². The maximum Gasteiger partial charge on any atom is 0.272 e. The minimum atomic E-state index is -0.449. The first-order chi connectivity index (χ1) is 14.0. The predicted octanol–water partition coefficient (Wildman–Crippen LogP) is 2.72. The Labute approximate surface area is 169 Å². The molecule has 1 amide bonds. The topological polar surface area (TPSA) is 93.9 Å². The Morgan fingerprint density at radius 1 is 1.24 bits per heavy atom. The zero-order valence-electron chi connectivity index (χ0n) is 16.6. The van der Waals surface area contributed by atoms with Gasteiger partial charge in [-0.25, -0.2) is 0 Å². The van der Waals surface area contributed by atoms with Crippen molar-refractivity contribution in [2.24, 2.45) is 0 Å². The Hall–Kier alpha value is -2.97. The summed E-state index contributed by atoms with van der Waals surface area (Å²) in [5.41, 5.74) is 1.95. The second-order valence-electron chi connectivity index (χ2n) is 6.91. The number of rotatable bonds is 7. The van der Waals surface area contributed by atoms with Crippen LogP contribution in [-0.4, -0.2) is 55.7 Å². The van der Waals surface area contributed by atoms with Crippen molar-refractivity contribution in [3.05, 3.63) is 69.3 Å². The van der Waals surface area contributed by atoms with Gasteiger partial charge < -0.3 is 14.8 Å². The molecule has 0 spiro atoms. The summed E-state index contributed by atoms with van der Waals surface area (Å²) >= 11 is 0. The van der Waals surface area contributed by atoms with Gasteiger partial charge in [-0.05, 0) is 36.8 Å². The first kappa shape index (κ1) is 20.8. The number of amides is 1. The third-order valence-corrected chi connectivity index (χ3v) is 5.10. The highest BCUT2D eigenvalue weighted by molar-refractivity contribution is 5.94. The van der Waals surface area contributed by atoms with Crippen molar-refractivity contribution in [1.29, 1.82) is 0 Å². The van der Waals surface area contributed by atoms with Gasteiger partial charge >= 0.3 is 0 Å². The van der Waals surface area contributed by atoms with Crippen molar-refractivity contribution >= 4 is 11.6 Å². The van der Waals surface area contributed by atoms with Crippen LogP contribution in [0.4, 0.5) is 5.69 Å². The van der Waals surface area contributed by atoms with Crippen LogP contribution in [0, 0.1) is 17.0 Å². The molecule has 0 aromatic heterocycles. The predicted molar refractivity (Wildman–Crippen MR) is 108 cm³/mol. The Kier molecular flexibility index (Phi) is 6.79. The van der Waals surface area contributed by atoms with E-state index in [2.05, 4.69) is 10.2 Å². The molecule has 29 heavy (non-hydrogen) atoms. The van der Waals surface area contributed by atoms with Crippen LogP contribution in [0.5, 0.6) is 5.75 Å². The van der Waals surface area contributed by atoms with Gasteiger partial charge in [-0.3, -0.25) is 19.8 Å². The maximum absolute atomic E-state index is 12.7. The Morgan fingerprint density at radius 2 is 1.93 bits per heavy atom. The second kappa shape index (κ2) is 9.49. The molecule has 1 aliphatic rings. The zero-order chi connectivity index (χ0) is 20.8. The Bertz CT molecular complexity index is 863. The van der Waals surface area contributed by atoms with E-state index in [-0.39, 0.29) is 17.6 Å². The third kappa shape index (κ3) is 5.10. The van der Waals surface area contributed by atoms with Gasteiger partial charge in [-0.15, -0.1) is 0 Å². The van der Waals surface area contributed by atoms with Crippen molar-refractivity contribution in [2.75, 3.05) is 40.0 Å². The zero-order valence-corrected chi connectivity index (χ0v) is 16.6. The molecule has 8 nitrogen and oxygen atoms in total. The van der Waals surface area contributed by atoms with E-state index < -0.39 is 4.92 Å². The van der Waals surface area contributed by atoms with E-state index in [9.17, 15) is 14.9 Å². The molecule has 1 unspecified atom stereocenters. The van der Waals surface area contributed by atoms with Crippen LogP contribution in [0.1, 0.15) is 27.5 Å². The van der Waals surface area contributed by atoms with E-state index in [1.165, 1.54) is 12.1 Å². The Balaban J connectivity index is 1.74. The molecular formula is C21H25N3O5. The quantitative estimate of drug-likeness (QED) is 0.568. The van der Waals surface area contributed by atoms with Crippen LogP contribution in [0.25, 0.3) is 0 Å². The first-order valence-electron chi connectivity index (χ1n) is 9.48. The molecule has 1 N–H and O–H groups in total. The standard InChI is InChI=1S/C21H25N3O5/c1-15-13-17(5-8-19(15)24(26)27)21(25)22-14-20(23-9-11-29-12-10-23)16-3-6-18(28-2)7-4-16/h3-8,13,20H,9-12,14H2,1-2H3,(H,22,25). The van der Waals surface area contributed by atoms with Gasteiger partial charge in [0.05, 0.1) is 31.3 Å². The van der Waals surface area contributed by atoms with Crippen molar-refractivity contribution in [2.45, 2.75) is 13.0 Å². The number of nitrogens with one attached hydrogen (secondary N) is 1. The average Bonchev–Trinajstić information content (AvgIpc) is 2.74. The molecule has 0 saturated carbocycles. The van der Waals surface area contributed by atoms with E-state index >= 15 is 0 Å². The van der Waals surface area contributed by atoms with E-state index in [1.54, 1.807) is 20.1 Å². The van der Waals surface area contributed by atoms with E-state index in [0.29, 0.717) is 30.9 Å². The lowest BCUT2D eigenvalue weighted by atomic mass is 10.0. The third-order valence-electron chi connectivity index (χ3n) is 5.10. The fraction of sp³-hybridized carbons (Fsp3) is 0.381. The monoisotopic (exact) mass is 399 g/mol. The van der Waals surface area contributed by atoms with Crippen molar-refractivity contribution in [3.8, 4) is 5.75 Å². The number of benzene rings is 2. The molecule has 8 heteroatoms. The van der Waals surface area contributed by atoms with Gasteiger partial charge in [0.15, 0.2) is 0 Å². The number of morpholine rings is 1. The molecule has 1 atom stereocenters. The van der Waals surface area contributed by atoms with E-state index in [1.807, 2.05) is 24.3 Å². The van der Waals surface area contributed by atoms with Crippen LogP contribution in [0.2, 0.25) is 0 Å². The number of methoxy groups -OCH3 is 1. The van der Waals surface area contributed by atoms with Crippen LogP contribution in [-0.2, 0) is 4.74 Å². The normalized spacial score (nSPS) is 15.5. The van der Waals surface area contributed by atoms with E-state index in [4.69, 9.17) is 9.47 Å². The molecular weight excluding hydrogens is 374 g/mol. The largest absolute Gasteiger partial charge is 0.497 e.